The van der Waals surface area contributed by atoms with Crippen LogP contribution in [0, 0.1) is 5.41 Å². The Kier molecular flexibility index (Phi) is 3.45. The molecule has 0 unspecified atom stereocenters. The molecule has 0 atom stereocenters. The van der Waals surface area contributed by atoms with Crippen LogP contribution < -0.4 is 10.1 Å². The number of methoxy groups -OCH3 is 1. The van der Waals surface area contributed by atoms with Crippen LogP contribution in [0.15, 0.2) is 16.6 Å². The quantitative estimate of drug-likeness (QED) is 0.610. The maximum Gasteiger partial charge on any atom is 0.142 e. The van der Waals surface area contributed by atoms with Gasteiger partial charge in [-0.15, -0.1) is 0 Å². The van der Waals surface area contributed by atoms with Crippen molar-refractivity contribution in [3.05, 3.63) is 22.2 Å². The van der Waals surface area contributed by atoms with Crippen molar-refractivity contribution in [2.45, 2.75) is 0 Å². The minimum absolute atomic E-state index is 0.790. The van der Waals surface area contributed by atoms with Gasteiger partial charge in [0.05, 0.1) is 24.2 Å². The molecule has 3 N–H and O–H groups in total. The van der Waals surface area contributed by atoms with E-state index < -0.39 is 0 Å². The van der Waals surface area contributed by atoms with Gasteiger partial charge in [-0.3, -0.25) is 0 Å². The molecule has 0 heterocycles. The van der Waals surface area contributed by atoms with E-state index in [4.69, 9.17) is 10.1 Å². The van der Waals surface area contributed by atoms with Crippen LogP contribution in [0.1, 0.15) is 5.56 Å². The molecule has 0 aromatic heterocycles. The van der Waals surface area contributed by atoms with Gasteiger partial charge in [0.25, 0.3) is 0 Å². The third kappa shape index (κ3) is 2.08. The van der Waals surface area contributed by atoms with Gasteiger partial charge in [-0.25, -0.2) is 0 Å². The summed E-state index contributed by atoms with van der Waals surface area (Å²) in [5, 5.41) is 9.16. The maximum atomic E-state index is 7.21. The molecule has 4 heteroatoms. The summed E-state index contributed by atoms with van der Waals surface area (Å²) in [6.07, 6.45) is 1.33. The van der Waals surface area contributed by atoms with Crippen molar-refractivity contribution >= 4 is 27.8 Å². The minimum atomic E-state index is 0.790. The monoisotopic (exact) mass is 243 g/mol. The molecule has 3 nitrogen and oxygen atoms in total. The zero-order chi connectivity index (χ0) is 9.84. The van der Waals surface area contributed by atoms with Crippen LogP contribution in [0.2, 0.25) is 0 Å². The van der Waals surface area contributed by atoms with Crippen LogP contribution in [0.5, 0.6) is 5.75 Å². The molecule has 0 fully saturated rings. The molecule has 0 spiro atoms. The molecule has 1 rings (SSSR count). The topological polar surface area (TPSA) is 49.7 Å². The van der Waals surface area contributed by atoms with Gasteiger partial charge < -0.3 is 15.5 Å². The smallest absolute Gasteiger partial charge is 0.142 e. The molecule has 0 radical (unpaired) electrons. The van der Waals surface area contributed by atoms with Crippen molar-refractivity contribution in [2.75, 3.05) is 14.2 Å². The predicted octanol–water partition coefficient (Wildman–Crippen LogP) is 1.28. The van der Waals surface area contributed by atoms with Crippen LogP contribution >= 0.6 is 15.9 Å². The average Bonchev–Trinajstić information content (AvgIpc) is 2.17. The molecule has 0 aliphatic heterocycles. The van der Waals surface area contributed by atoms with Crippen molar-refractivity contribution in [1.29, 1.82) is 5.41 Å². The largest absolute Gasteiger partial charge is 0.495 e. The van der Waals surface area contributed by atoms with Gasteiger partial charge in [0.15, 0.2) is 0 Å². The number of benzene rings is 1. The lowest BCUT2D eigenvalue weighted by Crippen LogP contribution is -2.73. The van der Waals surface area contributed by atoms with E-state index in [1.54, 1.807) is 7.11 Å². The zero-order valence-electron chi connectivity index (χ0n) is 7.60. The van der Waals surface area contributed by atoms with Gasteiger partial charge in [-0.1, -0.05) is 0 Å². The highest BCUT2D eigenvalue weighted by atomic mass is 79.9. The second-order valence-electron chi connectivity index (χ2n) is 2.55. The van der Waals surface area contributed by atoms with E-state index in [1.807, 2.05) is 24.5 Å². The van der Waals surface area contributed by atoms with Crippen LogP contribution in [0.25, 0.3) is 0 Å². The van der Waals surface area contributed by atoms with Crippen molar-refractivity contribution in [3.8, 4) is 5.75 Å². The fourth-order valence-corrected chi connectivity index (χ4v) is 1.64. The Hall–Kier alpha value is -0.870. The number of hydrogen-bond donors (Lipinski definition) is 2. The van der Waals surface area contributed by atoms with Gasteiger partial charge in [0, 0.05) is 12.3 Å². The first-order valence-corrected chi connectivity index (χ1v) is 4.69. The van der Waals surface area contributed by atoms with Crippen molar-refractivity contribution in [3.63, 3.8) is 0 Å². The van der Waals surface area contributed by atoms with Crippen molar-refractivity contribution in [1.82, 2.24) is 0 Å². The summed E-state index contributed by atoms with van der Waals surface area (Å²) in [5.74, 6) is 0.790. The third-order valence-corrected chi connectivity index (χ3v) is 2.44. The van der Waals surface area contributed by atoms with E-state index in [2.05, 4.69) is 15.9 Å². The van der Waals surface area contributed by atoms with E-state index in [-0.39, 0.29) is 0 Å². The van der Waals surface area contributed by atoms with Crippen LogP contribution in [0.3, 0.4) is 0 Å². The van der Waals surface area contributed by atoms with Gasteiger partial charge in [0.2, 0.25) is 0 Å². The number of ether oxygens (including phenoxy) is 1. The third-order valence-electron chi connectivity index (χ3n) is 1.82. The number of hydrogen-bond acceptors (Lipinski definition) is 2. The average molecular weight is 244 g/mol. The van der Waals surface area contributed by atoms with E-state index in [9.17, 15) is 0 Å². The van der Waals surface area contributed by atoms with Gasteiger partial charge in [-0.05, 0) is 22.0 Å². The molecule has 1 aromatic rings. The number of rotatable bonds is 3. The molecule has 0 aliphatic rings. The lowest BCUT2D eigenvalue weighted by molar-refractivity contribution is -0.539. The molecule has 1 aromatic carbocycles. The first-order valence-electron chi connectivity index (χ1n) is 3.90. The summed E-state index contributed by atoms with van der Waals surface area (Å²) in [7, 11) is 3.57. The van der Waals surface area contributed by atoms with E-state index >= 15 is 0 Å². The summed E-state index contributed by atoms with van der Waals surface area (Å²) in [4.78, 5) is 0. The van der Waals surface area contributed by atoms with Crippen molar-refractivity contribution in [2.24, 2.45) is 0 Å². The summed E-state index contributed by atoms with van der Waals surface area (Å²) < 4.78 is 6.02. The Morgan fingerprint density at radius 3 is 2.69 bits per heavy atom. The summed E-state index contributed by atoms with van der Waals surface area (Å²) >= 11 is 3.37. The lowest BCUT2D eigenvalue weighted by atomic mass is 10.2. The number of quaternary nitrogens is 1. The zero-order valence-corrected chi connectivity index (χ0v) is 9.18. The molecule has 0 saturated heterocycles. The Balaban J connectivity index is 3.26. The van der Waals surface area contributed by atoms with Crippen molar-refractivity contribution < 1.29 is 10.1 Å². The van der Waals surface area contributed by atoms with E-state index in [0.29, 0.717) is 0 Å². The first kappa shape index (κ1) is 10.2. The van der Waals surface area contributed by atoms with E-state index in [1.165, 1.54) is 6.21 Å². The SMILES string of the molecule is C[NH2+]c1cc(OC)c(Br)cc1C=N. The molecular formula is C9H12BrN2O+. The van der Waals surface area contributed by atoms with Crippen LogP contribution in [-0.4, -0.2) is 20.4 Å². The molecule has 0 saturated carbocycles. The molecule has 70 valence electrons. The lowest BCUT2D eigenvalue weighted by Gasteiger charge is -2.06. The Morgan fingerprint density at radius 2 is 2.23 bits per heavy atom. The number of nitrogens with two attached hydrogens (primary N) is 1. The Bertz CT molecular complexity index is 326. The Morgan fingerprint density at radius 1 is 1.54 bits per heavy atom. The maximum absolute atomic E-state index is 7.21. The van der Waals surface area contributed by atoms with Gasteiger partial charge in [-0.2, -0.15) is 0 Å². The summed E-state index contributed by atoms with van der Waals surface area (Å²) in [6.45, 7) is 0. The number of halogens is 1. The van der Waals surface area contributed by atoms with Gasteiger partial charge in [0.1, 0.15) is 11.4 Å². The van der Waals surface area contributed by atoms with Crippen LogP contribution in [0.4, 0.5) is 5.69 Å². The molecule has 0 amide bonds. The first-order chi connectivity index (χ1) is 6.22. The van der Waals surface area contributed by atoms with Crippen LogP contribution in [-0.2, 0) is 0 Å². The fraction of sp³-hybridized carbons (Fsp3) is 0.222. The molecular weight excluding hydrogens is 232 g/mol. The minimum Gasteiger partial charge on any atom is -0.495 e. The summed E-state index contributed by atoms with van der Waals surface area (Å²) in [6, 6.07) is 3.78. The molecule has 0 aliphatic carbocycles. The normalized spacial score (nSPS) is 9.77. The van der Waals surface area contributed by atoms with E-state index in [0.717, 1.165) is 21.5 Å². The second-order valence-corrected chi connectivity index (χ2v) is 3.40. The standard InChI is InChI=1S/C9H11BrN2O/c1-12-8-4-9(13-2)7(10)3-6(8)5-11/h3-5,11-12H,1-2H3/p+1. The Labute approximate surface area is 85.7 Å². The molecule has 13 heavy (non-hydrogen) atoms. The fourth-order valence-electron chi connectivity index (χ4n) is 1.12. The number of nitrogens with one attached hydrogen (secondary N) is 1. The second kappa shape index (κ2) is 4.39. The van der Waals surface area contributed by atoms with Gasteiger partial charge >= 0.3 is 0 Å². The summed E-state index contributed by atoms with van der Waals surface area (Å²) in [5.41, 5.74) is 1.89. The highest BCUT2D eigenvalue weighted by Gasteiger charge is 2.08. The molecule has 0 bridgehead atoms. The highest BCUT2D eigenvalue weighted by Crippen LogP contribution is 2.28. The predicted molar refractivity (Wildman–Crippen MR) is 56.1 cm³/mol. The highest BCUT2D eigenvalue weighted by molar-refractivity contribution is 9.10.